The summed E-state index contributed by atoms with van der Waals surface area (Å²) in [5.41, 5.74) is 3.09. The quantitative estimate of drug-likeness (QED) is 0.327. The van der Waals surface area contributed by atoms with Gasteiger partial charge in [0.1, 0.15) is 10.5 Å². The van der Waals surface area contributed by atoms with Crippen LogP contribution in [0.15, 0.2) is 40.5 Å². The molecule has 1 aliphatic rings. The summed E-state index contributed by atoms with van der Waals surface area (Å²) in [6.45, 7) is 5.52. The molecule has 1 saturated heterocycles. The van der Waals surface area contributed by atoms with Crippen molar-refractivity contribution in [2.45, 2.75) is 56.7 Å². The molecule has 30 heavy (non-hydrogen) atoms. The Bertz CT molecular complexity index is 1230. The number of hydrogen-bond donors (Lipinski definition) is 0. The summed E-state index contributed by atoms with van der Waals surface area (Å²) >= 11 is 3.20. The lowest BCUT2D eigenvalue weighted by Crippen LogP contribution is -2.29. The van der Waals surface area contributed by atoms with Crippen molar-refractivity contribution in [2.75, 3.05) is 6.61 Å². The van der Waals surface area contributed by atoms with Gasteiger partial charge in [-0.25, -0.2) is 9.97 Å². The van der Waals surface area contributed by atoms with Gasteiger partial charge in [0.25, 0.3) is 5.56 Å². The number of thiophene rings is 1. The van der Waals surface area contributed by atoms with Crippen LogP contribution in [-0.2, 0) is 23.5 Å². The molecule has 0 radical (unpaired) electrons. The van der Waals surface area contributed by atoms with Gasteiger partial charge < -0.3 is 9.14 Å². The number of aromatic nitrogens is 4. The largest absolute Gasteiger partial charge is 0.376 e. The molecule has 156 valence electrons. The number of nitrogens with zero attached hydrogens (tertiary/aromatic N) is 4. The monoisotopic (exact) mass is 440 g/mol. The summed E-state index contributed by atoms with van der Waals surface area (Å²) < 4.78 is 9.69. The summed E-state index contributed by atoms with van der Waals surface area (Å²) in [5, 5.41) is 1.54. The van der Waals surface area contributed by atoms with Crippen molar-refractivity contribution < 1.29 is 4.74 Å². The number of hydrogen-bond acceptors (Lipinski definition) is 6. The van der Waals surface area contributed by atoms with E-state index in [0.29, 0.717) is 12.3 Å². The molecular weight excluding hydrogens is 416 g/mol. The molecule has 1 unspecified atom stereocenters. The molecule has 1 aliphatic heterocycles. The molecule has 4 aromatic heterocycles. The fourth-order valence-electron chi connectivity index (χ4n) is 4.12. The summed E-state index contributed by atoms with van der Waals surface area (Å²) in [6, 6.07) is 5.97. The molecule has 5 rings (SSSR count). The minimum atomic E-state index is 0.0641. The fraction of sp³-hybridized carbons (Fsp3) is 0.409. The van der Waals surface area contributed by atoms with Crippen molar-refractivity contribution in [3.8, 4) is 0 Å². The first-order valence-electron chi connectivity index (χ1n) is 10.3. The van der Waals surface area contributed by atoms with Gasteiger partial charge in [0.15, 0.2) is 5.16 Å². The molecule has 0 spiro atoms. The van der Waals surface area contributed by atoms with E-state index in [1.165, 1.54) is 4.88 Å². The van der Waals surface area contributed by atoms with Crippen LogP contribution in [0.1, 0.15) is 35.9 Å². The topological polar surface area (TPSA) is 61.4 Å². The molecule has 4 aromatic rings. The third-order valence-electron chi connectivity index (χ3n) is 5.60. The number of imidazole rings is 1. The predicted octanol–water partition coefficient (Wildman–Crippen LogP) is 4.45. The first kappa shape index (κ1) is 19.8. The van der Waals surface area contributed by atoms with Gasteiger partial charge in [-0.15, -0.1) is 11.3 Å². The van der Waals surface area contributed by atoms with Gasteiger partial charge in [0.2, 0.25) is 0 Å². The van der Waals surface area contributed by atoms with Crippen molar-refractivity contribution in [3.05, 3.63) is 57.1 Å². The van der Waals surface area contributed by atoms with Gasteiger partial charge >= 0.3 is 0 Å². The first-order chi connectivity index (χ1) is 14.6. The molecular formula is C22H24N4O2S2. The fourth-order valence-corrected chi connectivity index (χ4v) is 6.16. The van der Waals surface area contributed by atoms with E-state index in [-0.39, 0.29) is 11.7 Å². The Kier molecular flexibility index (Phi) is 5.39. The number of rotatable bonds is 6. The van der Waals surface area contributed by atoms with Crippen molar-refractivity contribution in [1.29, 1.82) is 0 Å². The summed E-state index contributed by atoms with van der Waals surface area (Å²) in [4.78, 5) is 25.2. The van der Waals surface area contributed by atoms with Gasteiger partial charge in [-0.05, 0) is 43.9 Å². The Morgan fingerprint density at radius 2 is 2.23 bits per heavy atom. The highest BCUT2D eigenvalue weighted by molar-refractivity contribution is 7.98. The standard InChI is InChI=1S/C22H24N4O2S2/c1-3-17-14(2)30-20-19(17)21(27)26(12-16-7-6-10-28-16)22(24-20)29-13-15-11-25-9-5-4-8-18(25)23-15/h4-5,8-9,11,16H,3,6-7,10,12-13H2,1-2H3. The lowest BCUT2D eigenvalue weighted by molar-refractivity contribution is 0.0937. The zero-order chi connectivity index (χ0) is 20.7. The minimum absolute atomic E-state index is 0.0641. The van der Waals surface area contributed by atoms with Crippen molar-refractivity contribution in [2.24, 2.45) is 0 Å². The third-order valence-corrected chi connectivity index (χ3v) is 7.66. The molecule has 0 N–H and O–H groups in total. The van der Waals surface area contributed by atoms with Gasteiger partial charge in [0, 0.05) is 29.6 Å². The van der Waals surface area contributed by atoms with Gasteiger partial charge in [-0.3, -0.25) is 9.36 Å². The Morgan fingerprint density at radius 1 is 1.33 bits per heavy atom. The number of ether oxygens (including phenoxy) is 1. The zero-order valence-corrected chi connectivity index (χ0v) is 18.8. The van der Waals surface area contributed by atoms with Crippen LogP contribution in [0.25, 0.3) is 15.9 Å². The molecule has 0 aromatic carbocycles. The lowest BCUT2D eigenvalue weighted by atomic mass is 10.1. The van der Waals surface area contributed by atoms with Crippen molar-refractivity contribution >= 4 is 39.0 Å². The molecule has 0 bridgehead atoms. The maximum Gasteiger partial charge on any atom is 0.263 e. The molecule has 8 heteroatoms. The summed E-state index contributed by atoms with van der Waals surface area (Å²) in [7, 11) is 0. The van der Waals surface area contributed by atoms with Gasteiger partial charge in [-0.1, -0.05) is 24.8 Å². The Hall–Kier alpha value is -2.16. The number of aryl methyl sites for hydroxylation is 2. The molecule has 1 atom stereocenters. The normalized spacial score (nSPS) is 16.8. The van der Waals surface area contributed by atoms with Crippen LogP contribution in [0.4, 0.5) is 0 Å². The van der Waals surface area contributed by atoms with Crippen molar-refractivity contribution in [1.82, 2.24) is 18.9 Å². The van der Waals surface area contributed by atoms with E-state index in [2.05, 4.69) is 18.8 Å². The molecule has 0 amide bonds. The maximum atomic E-state index is 13.5. The Morgan fingerprint density at radius 3 is 3.00 bits per heavy atom. The highest BCUT2D eigenvalue weighted by Gasteiger charge is 2.23. The molecule has 0 saturated carbocycles. The van der Waals surface area contributed by atoms with E-state index in [4.69, 9.17) is 9.72 Å². The zero-order valence-electron chi connectivity index (χ0n) is 17.1. The second-order valence-corrected chi connectivity index (χ2v) is 9.75. The van der Waals surface area contributed by atoms with Crippen LogP contribution in [0.3, 0.4) is 0 Å². The number of fused-ring (bicyclic) bond motifs is 2. The average Bonchev–Trinajstić information content (AvgIpc) is 3.46. The van der Waals surface area contributed by atoms with Crippen molar-refractivity contribution in [3.63, 3.8) is 0 Å². The van der Waals surface area contributed by atoms with Gasteiger partial charge in [-0.2, -0.15) is 0 Å². The number of thioether (sulfide) groups is 1. The Balaban J connectivity index is 1.53. The first-order valence-corrected chi connectivity index (χ1v) is 12.1. The van der Waals surface area contributed by atoms with Crippen LogP contribution in [0.2, 0.25) is 0 Å². The molecule has 0 aliphatic carbocycles. The smallest absolute Gasteiger partial charge is 0.263 e. The minimum Gasteiger partial charge on any atom is -0.376 e. The predicted molar refractivity (Wildman–Crippen MR) is 122 cm³/mol. The van der Waals surface area contributed by atoms with Crippen LogP contribution in [0, 0.1) is 6.92 Å². The second kappa shape index (κ2) is 8.17. The second-order valence-electron chi connectivity index (χ2n) is 7.60. The van der Waals surface area contributed by atoms with E-state index in [9.17, 15) is 4.79 Å². The molecule has 1 fully saturated rings. The van der Waals surface area contributed by atoms with Crippen LogP contribution in [0.5, 0.6) is 0 Å². The molecule has 5 heterocycles. The maximum absolute atomic E-state index is 13.5. The van der Waals surface area contributed by atoms with Gasteiger partial charge in [0.05, 0.1) is 23.7 Å². The lowest BCUT2D eigenvalue weighted by Gasteiger charge is -2.15. The van der Waals surface area contributed by atoms with E-state index in [0.717, 1.165) is 58.1 Å². The average molecular weight is 441 g/mol. The van der Waals surface area contributed by atoms with E-state index >= 15 is 0 Å². The van der Waals surface area contributed by atoms with E-state index in [1.807, 2.05) is 39.6 Å². The van der Waals surface area contributed by atoms with E-state index < -0.39 is 0 Å². The Labute approximate surface area is 182 Å². The highest BCUT2D eigenvalue weighted by atomic mass is 32.2. The van der Waals surface area contributed by atoms with Crippen LogP contribution >= 0.6 is 23.1 Å². The summed E-state index contributed by atoms with van der Waals surface area (Å²) in [5.74, 6) is 0.663. The van der Waals surface area contributed by atoms with Crippen LogP contribution < -0.4 is 5.56 Å². The van der Waals surface area contributed by atoms with Crippen LogP contribution in [-0.4, -0.2) is 31.6 Å². The summed E-state index contributed by atoms with van der Waals surface area (Å²) in [6.07, 6.45) is 7.00. The van der Waals surface area contributed by atoms with E-state index in [1.54, 1.807) is 23.1 Å². The highest BCUT2D eigenvalue weighted by Crippen LogP contribution is 2.31. The molecule has 6 nitrogen and oxygen atoms in total. The number of pyridine rings is 1. The third kappa shape index (κ3) is 3.57. The SMILES string of the molecule is CCc1c(C)sc2nc(SCc3cn4ccccc4n3)n(CC3CCCO3)c(=O)c12.